The van der Waals surface area contributed by atoms with E-state index in [4.69, 9.17) is 53.2 Å². The number of rotatable bonds is 19. The van der Waals surface area contributed by atoms with E-state index in [-0.39, 0.29) is 51.1 Å². The van der Waals surface area contributed by atoms with E-state index >= 15 is 0 Å². The van der Waals surface area contributed by atoms with Gasteiger partial charge in [0, 0.05) is 14.2 Å². The number of nitrogen functional groups attached to an aromatic ring is 2. The monoisotopic (exact) mass is 1140 g/mol. The molecule has 0 spiro atoms. The van der Waals surface area contributed by atoms with Crippen molar-refractivity contribution in [1.29, 1.82) is 0 Å². The van der Waals surface area contributed by atoms with Crippen LogP contribution in [0.3, 0.4) is 0 Å². The molecule has 0 bridgehead atoms. The number of aromatic nitrogens is 12. The third kappa shape index (κ3) is 10.9. The number of phosphoric acid groups is 4. The van der Waals surface area contributed by atoms with Crippen molar-refractivity contribution in [3.05, 3.63) is 51.8 Å². The number of nitrogens with one attached hydrogen (secondary N) is 2. The second kappa shape index (κ2) is 20.4. The molecular weight excluding hydrogens is 1100 g/mol. The van der Waals surface area contributed by atoms with Crippen LogP contribution in [0.5, 0.6) is 0 Å². The summed E-state index contributed by atoms with van der Waals surface area (Å²) in [6, 6.07) is 0. The molecule has 6 aromatic rings. The van der Waals surface area contributed by atoms with E-state index in [0.717, 1.165) is 46.9 Å². The lowest BCUT2D eigenvalue weighted by Crippen LogP contribution is -2.46. The SMILES string of the molecule is COC1[C@@H](OP(=O)([O-])OC[C@H]2O[C@@H](n3cnc4c(=O)[nH]c(C)nc43)C(O)[C@H]2O)[C@@H](COP(=O)([O-])OP(=O)([O-])OP(=O)([O-])O[C@H]2O[C@@H]([n+]3cn(C)c4c(=O)[nH]c(N)nc43)[C@@H](O)C2OC)O[C@H]1n1cnc2c(N)ncnc21. The summed E-state index contributed by atoms with van der Waals surface area (Å²) in [4.78, 5) is 106. The molecule has 6 aromatic heterocycles. The highest BCUT2D eigenvalue weighted by Crippen LogP contribution is 2.64. The quantitative estimate of drug-likeness (QED) is 0.0293. The van der Waals surface area contributed by atoms with E-state index in [9.17, 15) is 62.7 Å². The van der Waals surface area contributed by atoms with Crippen LogP contribution in [-0.4, -0.2) is 151 Å². The molecule has 0 aliphatic carbocycles. The zero-order valence-corrected chi connectivity index (χ0v) is 42.1. The molecule has 3 aliphatic rings. The van der Waals surface area contributed by atoms with Gasteiger partial charge in [0.2, 0.25) is 11.7 Å². The smallest absolute Gasteiger partial charge is 0.313 e. The Kier molecular flexibility index (Phi) is 14.9. The van der Waals surface area contributed by atoms with Gasteiger partial charge in [0.25, 0.3) is 48.4 Å². The van der Waals surface area contributed by atoms with Crippen molar-refractivity contribution in [2.45, 2.75) is 80.7 Å². The van der Waals surface area contributed by atoms with Crippen LogP contribution < -0.4 is 46.7 Å². The minimum Gasteiger partial charge on any atom is -0.756 e. The highest BCUT2D eigenvalue weighted by atomic mass is 31.3. The average Bonchev–Trinajstić information content (AvgIpc) is 4.16. The van der Waals surface area contributed by atoms with E-state index in [0.29, 0.717) is 0 Å². The maximum absolute atomic E-state index is 13.6. The lowest BCUT2D eigenvalue weighted by Gasteiger charge is -2.36. The second-order valence-corrected chi connectivity index (χ2v) is 22.3. The van der Waals surface area contributed by atoms with Crippen LogP contribution in [-0.2, 0) is 75.7 Å². The second-order valence-electron chi connectivity index (χ2n) is 16.4. The summed E-state index contributed by atoms with van der Waals surface area (Å²) in [6.45, 7) is -0.966. The number of hydrogen-bond donors (Lipinski definition) is 7. The van der Waals surface area contributed by atoms with Gasteiger partial charge in [-0.3, -0.25) is 51.1 Å². The molecule has 9 heterocycles. The Morgan fingerprint density at radius 1 is 0.720 bits per heavy atom. The minimum atomic E-state index is -6.63. The summed E-state index contributed by atoms with van der Waals surface area (Å²) in [7, 11) is -21.6. The van der Waals surface area contributed by atoms with Gasteiger partial charge >= 0.3 is 5.65 Å². The van der Waals surface area contributed by atoms with Gasteiger partial charge in [-0.2, -0.15) is 0 Å². The summed E-state index contributed by atoms with van der Waals surface area (Å²) in [5.41, 5.74) is 9.83. The predicted molar refractivity (Wildman–Crippen MR) is 230 cm³/mol. The Balaban J connectivity index is 0.886. The number of nitrogens with two attached hydrogens (primary N) is 2. The fourth-order valence-electron chi connectivity index (χ4n) is 8.40. The Morgan fingerprint density at radius 3 is 2.07 bits per heavy atom. The Morgan fingerprint density at radius 2 is 1.36 bits per heavy atom. The molecule has 42 heteroatoms. The fourth-order valence-corrected chi connectivity index (χ4v) is 12.8. The summed E-state index contributed by atoms with van der Waals surface area (Å²) >= 11 is 0. The van der Waals surface area contributed by atoms with Gasteiger partial charge in [0.15, 0.2) is 47.7 Å². The van der Waals surface area contributed by atoms with Crippen LogP contribution in [0, 0.1) is 6.92 Å². The van der Waals surface area contributed by atoms with Crippen molar-refractivity contribution in [3.8, 4) is 0 Å². The van der Waals surface area contributed by atoms with E-state index in [2.05, 4.69) is 48.5 Å². The van der Waals surface area contributed by atoms with Crippen LogP contribution in [0.25, 0.3) is 33.5 Å². The lowest BCUT2D eigenvalue weighted by molar-refractivity contribution is -0.747. The first-order chi connectivity index (χ1) is 35.2. The molecular formula is C33H41N14O24P4-3. The molecule has 7 unspecified atom stereocenters. The Hall–Kier alpha value is -4.95. The molecule has 3 fully saturated rings. The van der Waals surface area contributed by atoms with Gasteiger partial charge in [-0.15, -0.1) is 0 Å². The van der Waals surface area contributed by atoms with Gasteiger partial charge in [-0.25, -0.2) is 38.1 Å². The number of aliphatic hydroxyl groups is 3. The van der Waals surface area contributed by atoms with Crippen LogP contribution in [0.1, 0.15) is 24.5 Å². The molecule has 38 nitrogen and oxygen atoms in total. The zero-order valence-electron chi connectivity index (χ0n) is 38.5. The average molecular weight is 1140 g/mol. The van der Waals surface area contributed by atoms with Gasteiger partial charge in [-0.05, 0) is 6.92 Å². The normalized spacial score (nSPS) is 30.5. The molecule has 0 amide bonds. The lowest BCUT2D eigenvalue weighted by atomic mass is 10.1. The predicted octanol–water partition coefficient (Wildman–Crippen LogP) is -5.90. The first-order valence-corrected chi connectivity index (χ1v) is 27.1. The number of phosphoric ester groups is 3. The van der Waals surface area contributed by atoms with Gasteiger partial charge in [-0.1, -0.05) is 4.98 Å². The summed E-state index contributed by atoms with van der Waals surface area (Å²) < 4.78 is 113. The first kappa shape index (κ1) is 54.8. The topological polar surface area (TPSA) is 537 Å². The number of imidazole rings is 3. The van der Waals surface area contributed by atoms with E-state index < -0.39 is 129 Å². The van der Waals surface area contributed by atoms with E-state index in [1.165, 1.54) is 24.9 Å². The number of H-pyrrole nitrogens is 2. The number of aliphatic hydroxyl groups excluding tert-OH is 3. The number of hydrogen-bond acceptors (Lipinski definition) is 32. The van der Waals surface area contributed by atoms with Crippen LogP contribution in [0.15, 0.2) is 34.9 Å². The number of nitrogens with zero attached hydrogens (tertiary/aromatic N) is 10. The van der Waals surface area contributed by atoms with Crippen molar-refractivity contribution in [1.82, 2.24) is 53.6 Å². The molecule has 9 rings (SSSR count). The third-order valence-electron chi connectivity index (χ3n) is 11.6. The molecule has 3 saturated heterocycles. The summed E-state index contributed by atoms with van der Waals surface area (Å²) in [6.07, 6.45) is -16.8. The number of ether oxygens (including phenoxy) is 5. The molecule has 3 aliphatic heterocycles. The van der Waals surface area contributed by atoms with Crippen molar-refractivity contribution in [2.24, 2.45) is 7.05 Å². The summed E-state index contributed by atoms with van der Waals surface area (Å²) in [5.74, 6) is -0.291. The van der Waals surface area contributed by atoms with E-state index in [1.807, 2.05) is 0 Å². The van der Waals surface area contributed by atoms with Crippen LogP contribution in [0.4, 0.5) is 11.8 Å². The van der Waals surface area contributed by atoms with Gasteiger partial charge < -0.3 is 88.6 Å². The van der Waals surface area contributed by atoms with Crippen molar-refractivity contribution in [3.63, 3.8) is 0 Å². The molecule has 75 heavy (non-hydrogen) atoms. The summed E-state index contributed by atoms with van der Waals surface area (Å²) in [5, 5.41) is 32.8. The Bertz CT molecular complexity index is 3470. The fraction of sp³-hybridized carbons (Fsp3) is 0.545. The molecule has 9 N–H and O–H groups in total. The Labute approximate surface area is 416 Å². The highest BCUT2D eigenvalue weighted by molar-refractivity contribution is 7.65. The largest absolute Gasteiger partial charge is 0.756 e. The maximum Gasteiger partial charge on any atom is 0.313 e. The number of aromatic amines is 2. The minimum absolute atomic E-state index is 0.0175. The molecule has 16 atom stereocenters. The number of aryl methyl sites for hydroxylation is 2. The third-order valence-corrected chi connectivity index (χ3v) is 16.7. The number of methoxy groups -OCH3 is 2. The van der Waals surface area contributed by atoms with Gasteiger partial charge in [0.1, 0.15) is 66.5 Å². The van der Waals surface area contributed by atoms with Crippen molar-refractivity contribution >= 4 is 76.5 Å². The van der Waals surface area contributed by atoms with Crippen molar-refractivity contribution in [2.75, 3.05) is 38.9 Å². The maximum atomic E-state index is 13.6. The molecule has 0 saturated carbocycles. The van der Waals surface area contributed by atoms with E-state index in [1.54, 1.807) is 0 Å². The van der Waals surface area contributed by atoms with Crippen LogP contribution in [0.2, 0.25) is 0 Å². The first-order valence-electron chi connectivity index (χ1n) is 21.2. The van der Waals surface area contributed by atoms with Crippen LogP contribution >= 0.6 is 31.3 Å². The number of fused-ring (bicyclic) bond motifs is 3. The molecule has 0 radical (unpaired) electrons. The molecule has 410 valence electrons. The zero-order chi connectivity index (χ0) is 54.3. The molecule has 0 aromatic carbocycles. The highest BCUT2D eigenvalue weighted by Gasteiger charge is 2.52. The standard InChI is InChI=1S/C33H44N14O24P4/c1-11-40-25-15(27(51)41-11)39-9-46(25)29-18(49)17(48)12(65-29)5-63-72(53,54)68-20-13(66-31(22(20)62-4)45-8-38-14-23(34)36-7-37-24(14)45)6-64-73(55,56)70-75(59,60)71-74(57,58)69-32-21(61-3)19(50)30(67-32)47-10-44(2)16-26(47)42-33(35)43-28(16)52/h7-10,12-13,17-22,29-32,48-50H,5-6H2,1-4H3,(H9-,34,35,36,37,40,41,42,43,51,52,53,54,55,56,57,58,59,60)/p-3/t12-,13-,17+,18?,19+,20+,21?,22?,29-,30-,31-,32-/m1/s1. The van der Waals surface area contributed by atoms with Crippen molar-refractivity contribution < 1.29 is 108 Å². The number of anilines is 2. The van der Waals surface area contributed by atoms with Gasteiger partial charge in [0.05, 0.1) is 32.9 Å².